The first-order valence-corrected chi connectivity index (χ1v) is 6.64. The minimum atomic E-state index is 0.200. The molecule has 0 N–H and O–H groups in total. The smallest absolute Gasteiger partial charge is 0.167 e. The van der Waals surface area contributed by atoms with Crippen molar-refractivity contribution in [3.63, 3.8) is 0 Å². The second-order valence-electron chi connectivity index (χ2n) is 3.36. The highest BCUT2D eigenvalue weighted by atomic mass is 35.5. The van der Waals surface area contributed by atoms with Crippen LogP contribution in [0.5, 0.6) is 11.5 Å². The number of hydrogen-bond donors (Lipinski definition) is 0. The average molecular weight is 342 g/mol. The maximum atomic E-state index is 6.03. The lowest BCUT2D eigenvalue weighted by Gasteiger charge is -2.11. The third-order valence-corrected chi connectivity index (χ3v) is 3.86. The minimum Gasteiger partial charge on any atom is -0.454 e. The van der Waals surface area contributed by atoms with Crippen molar-refractivity contribution in [2.45, 2.75) is 0 Å². The van der Waals surface area contributed by atoms with Gasteiger partial charge in [-0.05, 0) is 24.3 Å². The quantitative estimate of drug-likeness (QED) is 0.549. The molecule has 0 bridgehead atoms. The predicted octanol–water partition coefficient (Wildman–Crippen LogP) is 6.75. The maximum Gasteiger partial charge on any atom is 0.167 e. The lowest BCUT2D eigenvalue weighted by Crippen LogP contribution is -1.88. The molecule has 94 valence electrons. The molecule has 1 nitrogen and oxygen atoms in total. The third-order valence-electron chi connectivity index (χ3n) is 2.09. The Morgan fingerprint density at radius 1 is 0.778 bits per heavy atom. The van der Waals surface area contributed by atoms with Gasteiger partial charge in [0.2, 0.25) is 0 Å². The van der Waals surface area contributed by atoms with E-state index < -0.39 is 0 Å². The van der Waals surface area contributed by atoms with Crippen LogP contribution >= 0.6 is 58.0 Å². The molecule has 0 heterocycles. The van der Waals surface area contributed by atoms with E-state index in [0.29, 0.717) is 10.8 Å². The van der Waals surface area contributed by atoms with Crippen molar-refractivity contribution < 1.29 is 4.74 Å². The zero-order valence-electron chi connectivity index (χ0n) is 8.68. The Kier molecular flexibility index (Phi) is 4.52. The van der Waals surface area contributed by atoms with Gasteiger partial charge in [-0.3, -0.25) is 0 Å². The van der Waals surface area contributed by atoms with Crippen LogP contribution in [0.25, 0.3) is 0 Å². The van der Waals surface area contributed by atoms with E-state index in [0.717, 1.165) is 0 Å². The van der Waals surface area contributed by atoms with Crippen LogP contribution in [0.15, 0.2) is 30.3 Å². The summed E-state index contributed by atoms with van der Waals surface area (Å²) >= 11 is 29.7. The van der Waals surface area contributed by atoms with Crippen molar-refractivity contribution in [3.05, 3.63) is 55.4 Å². The van der Waals surface area contributed by atoms with Gasteiger partial charge in [0.25, 0.3) is 0 Å². The van der Waals surface area contributed by atoms with E-state index in [4.69, 9.17) is 62.7 Å². The van der Waals surface area contributed by atoms with E-state index in [9.17, 15) is 0 Å². The molecule has 0 unspecified atom stereocenters. The molecule has 0 saturated heterocycles. The topological polar surface area (TPSA) is 9.23 Å². The summed E-state index contributed by atoms with van der Waals surface area (Å²) in [6.07, 6.45) is 0. The summed E-state index contributed by atoms with van der Waals surface area (Å²) in [5, 5.41) is 1.47. The summed E-state index contributed by atoms with van der Waals surface area (Å²) in [6, 6.07) is 8.27. The molecule has 6 heteroatoms. The SMILES string of the molecule is Clc1cccc(Oc2c(Cl)c(Cl)cc(Cl)c2Cl)c1. The Morgan fingerprint density at radius 2 is 1.39 bits per heavy atom. The van der Waals surface area contributed by atoms with Crippen LogP contribution in [0.4, 0.5) is 0 Å². The molecule has 0 aromatic heterocycles. The van der Waals surface area contributed by atoms with Gasteiger partial charge in [0.15, 0.2) is 5.75 Å². The molecule has 0 amide bonds. The van der Waals surface area contributed by atoms with Gasteiger partial charge < -0.3 is 4.74 Å². The van der Waals surface area contributed by atoms with Crippen LogP contribution < -0.4 is 4.74 Å². The molecule has 0 radical (unpaired) electrons. The molecule has 2 aromatic rings. The molecule has 2 rings (SSSR count). The number of benzene rings is 2. The molecule has 2 aromatic carbocycles. The molecule has 0 aliphatic carbocycles. The summed E-state index contributed by atoms with van der Waals surface area (Å²) in [5.41, 5.74) is 0. The number of ether oxygens (including phenoxy) is 1. The van der Waals surface area contributed by atoms with E-state index in [1.165, 1.54) is 6.07 Å². The zero-order valence-corrected chi connectivity index (χ0v) is 12.5. The maximum absolute atomic E-state index is 6.03. The largest absolute Gasteiger partial charge is 0.454 e. The van der Waals surface area contributed by atoms with E-state index in [1.807, 2.05) is 0 Å². The fourth-order valence-corrected chi connectivity index (χ4v) is 2.34. The molecule has 18 heavy (non-hydrogen) atoms. The number of hydrogen-bond acceptors (Lipinski definition) is 1. The zero-order chi connectivity index (χ0) is 13.3. The first-order valence-electron chi connectivity index (χ1n) is 4.75. The molecule has 0 aliphatic rings. The monoisotopic (exact) mass is 340 g/mol. The fraction of sp³-hybridized carbons (Fsp3) is 0. The normalized spacial score (nSPS) is 10.5. The average Bonchev–Trinajstić information content (AvgIpc) is 2.32. The minimum absolute atomic E-state index is 0.200. The summed E-state index contributed by atoms with van der Waals surface area (Å²) in [6.45, 7) is 0. The molecule has 0 fully saturated rings. The second-order valence-corrected chi connectivity index (χ2v) is 5.36. The van der Waals surface area contributed by atoms with Crippen LogP contribution in [0, 0.1) is 0 Å². The van der Waals surface area contributed by atoms with Crippen LogP contribution in [0.2, 0.25) is 25.1 Å². The molecule has 0 saturated carbocycles. The van der Waals surface area contributed by atoms with Gasteiger partial charge >= 0.3 is 0 Å². The summed E-state index contributed by atoms with van der Waals surface area (Å²) in [5.74, 6) is 0.697. The molecule has 0 aliphatic heterocycles. The van der Waals surface area contributed by atoms with E-state index in [2.05, 4.69) is 0 Å². The molecular formula is C12H5Cl5O. The highest BCUT2D eigenvalue weighted by Gasteiger charge is 2.16. The van der Waals surface area contributed by atoms with Crippen molar-refractivity contribution in [3.8, 4) is 11.5 Å². The number of rotatable bonds is 2. The van der Waals surface area contributed by atoms with E-state index in [1.54, 1.807) is 24.3 Å². The van der Waals surface area contributed by atoms with E-state index in [-0.39, 0.29) is 25.8 Å². The lowest BCUT2D eigenvalue weighted by molar-refractivity contribution is 0.483. The Labute approximate surface area is 129 Å². The third kappa shape index (κ3) is 2.98. The predicted molar refractivity (Wildman–Crippen MR) is 78.0 cm³/mol. The van der Waals surface area contributed by atoms with Crippen molar-refractivity contribution in [1.29, 1.82) is 0 Å². The van der Waals surface area contributed by atoms with Gasteiger partial charge in [0.1, 0.15) is 15.8 Å². The van der Waals surface area contributed by atoms with Gasteiger partial charge in [-0.15, -0.1) is 0 Å². The highest BCUT2D eigenvalue weighted by Crippen LogP contribution is 2.44. The first-order chi connectivity index (χ1) is 8.49. The highest BCUT2D eigenvalue weighted by molar-refractivity contribution is 6.48. The first kappa shape index (κ1) is 14.1. The van der Waals surface area contributed by atoms with Gasteiger partial charge in [-0.25, -0.2) is 0 Å². The second kappa shape index (κ2) is 5.77. The Balaban J connectivity index is 2.46. The summed E-state index contributed by atoms with van der Waals surface area (Å²) in [4.78, 5) is 0. The standard InChI is InChI=1S/C12H5Cl5O/c13-6-2-1-3-7(4-6)18-12-10(16)8(14)5-9(15)11(12)17/h1-5H. The van der Waals surface area contributed by atoms with Crippen molar-refractivity contribution in [2.24, 2.45) is 0 Å². The summed E-state index contributed by atoms with van der Waals surface area (Å²) < 4.78 is 5.57. The van der Waals surface area contributed by atoms with E-state index >= 15 is 0 Å². The number of halogens is 5. The van der Waals surface area contributed by atoms with Crippen LogP contribution in [-0.4, -0.2) is 0 Å². The lowest BCUT2D eigenvalue weighted by atomic mass is 10.3. The fourth-order valence-electron chi connectivity index (χ4n) is 1.29. The Morgan fingerprint density at radius 3 is 1.94 bits per heavy atom. The summed E-state index contributed by atoms with van der Waals surface area (Å²) in [7, 11) is 0. The van der Waals surface area contributed by atoms with Crippen LogP contribution in [0.1, 0.15) is 0 Å². The van der Waals surface area contributed by atoms with Crippen molar-refractivity contribution in [1.82, 2.24) is 0 Å². The Hall–Kier alpha value is -0.310. The van der Waals surface area contributed by atoms with Crippen LogP contribution in [0.3, 0.4) is 0 Å². The van der Waals surface area contributed by atoms with Gasteiger partial charge in [-0.1, -0.05) is 64.1 Å². The van der Waals surface area contributed by atoms with Gasteiger partial charge in [0.05, 0.1) is 10.0 Å². The van der Waals surface area contributed by atoms with Crippen molar-refractivity contribution in [2.75, 3.05) is 0 Å². The van der Waals surface area contributed by atoms with Crippen LogP contribution in [-0.2, 0) is 0 Å². The molecular weight excluding hydrogens is 337 g/mol. The molecule has 0 spiro atoms. The van der Waals surface area contributed by atoms with Gasteiger partial charge in [-0.2, -0.15) is 0 Å². The Bertz CT molecular complexity index is 571. The van der Waals surface area contributed by atoms with Gasteiger partial charge in [0, 0.05) is 5.02 Å². The van der Waals surface area contributed by atoms with Crippen molar-refractivity contribution >= 4 is 58.0 Å². The molecule has 0 atom stereocenters.